The standard InChI is InChI=1S/C25H30N6O5.ClH/c1-4-20(32)19-14-30(29-25(33)36-15-16-8-6-5-7-9-16)10-11-31(19)24-27-18-13-22(35-3)21(34-2)12-17(18)23(26)28-24;/h5-9,12-13,19H,4,10-11,14-15H2,1-3H3,(H,29,33)(H2,26,27,28);1H. The molecule has 11 nitrogen and oxygen atoms in total. The van der Waals surface area contributed by atoms with Crippen molar-refractivity contribution in [1.82, 2.24) is 20.4 Å². The zero-order valence-corrected chi connectivity index (χ0v) is 21.8. The van der Waals surface area contributed by atoms with Crippen molar-refractivity contribution in [3.05, 3.63) is 48.0 Å². The van der Waals surface area contributed by atoms with Gasteiger partial charge in [0, 0.05) is 37.5 Å². The smallest absolute Gasteiger partial charge is 0.422 e. The maximum Gasteiger partial charge on any atom is 0.422 e. The number of hydrogen-bond donors (Lipinski definition) is 2. The lowest BCUT2D eigenvalue weighted by molar-refractivity contribution is -0.121. The number of fused-ring (bicyclic) bond motifs is 1. The number of benzene rings is 2. The van der Waals surface area contributed by atoms with Crippen LogP contribution in [0.3, 0.4) is 0 Å². The summed E-state index contributed by atoms with van der Waals surface area (Å²) in [6.07, 6.45) is -0.260. The Morgan fingerprint density at radius 1 is 1.08 bits per heavy atom. The van der Waals surface area contributed by atoms with Crippen LogP contribution in [-0.2, 0) is 16.1 Å². The van der Waals surface area contributed by atoms with E-state index in [1.807, 2.05) is 35.2 Å². The highest BCUT2D eigenvalue weighted by Crippen LogP contribution is 2.34. The molecule has 0 spiro atoms. The van der Waals surface area contributed by atoms with Gasteiger partial charge < -0.3 is 24.8 Å². The second-order valence-electron chi connectivity index (χ2n) is 8.28. The Morgan fingerprint density at radius 3 is 2.46 bits per heavy atom. The van der Waals surface area contributed by atoms with Crippen molar-refractivity contribution in [3.63, 3.8) is 0 Å². The lowest BCUT2D eigenvalue weighted by atomic mass is 10.1. The van der Waals surface area contributed by atoms with E-state index >= 15 is 0 Å². The molecule has 0 saturated carbocycles. The molecule has 1 saturated heterocycles. The summed E-state index contributed by atoms with van der Waals surface area (Å²) in [6.45, 7) is 3.03. The number of anilines is 2. The van der Waals surface area contributed by atoms with E-state index in [2.05, 4.69) is 15.4 Å². The number of nitrogens with one attached hydrogen (secondary N) is 1. The summed E-state index contributed by atoms with van der Waals surface area (Å²) in [7, 11) is 3.09. The zero-order chi connectivity index (χ0) is 25.7. The van der Waals surface area contributed by atoms with Crippen molar-refractivity contribution in [2.24, 2.45) is 0 Å². The Hall–Kier alpha value is -3.83. The first-order valence-corrected chi connectivity index (χ1v) is 11.6. The molecule has 12 heteroatoms. The minimum Gasteiger partial charge on any atom is -0.493 e. The predicted molar refractivity (Wildman–Crippen MR) is 142 cm³/mol. The Labute approximate surface area is 221 Å². The van der Waals surface area contributed by atoms with Crippen LogP contribution in [0.25, 0.3) is 10.9 Å². The van der Waals surface area contributed by atoms with E-state index in [9.17, 15) is 9.59 Å². The van der Waals surface area contributed by atoms with Gasteiger partial charge in [-0.1, -0.05) is 37.3 Å². The summed E-state index contributed by atoms with van der Waals surface area (Å²) in [5.41, 5.74) is 10.5. The zero-order valence-electron chi connectivity index (χ0n) is 21.0. The largest absolute Gasteiger partial charge is 0.493 e. The van der Waals surface area contributed by atoms with Crippen LogP contribution < -0.4 is 25.5 Å². The Kier molecular flexibility index (Phi) is 9.31. The number of aromatic nitrogens is 2. The number of ketones is 1. The van der Waals surface area contributed by atoms with Gasteiger partial charge >= 0.3 is 6.09 Å². The lowest BCUT2D eigenvalue weighted by Crippen LogP contribution is -2.61. The number of nitrogen functional groups attached to an aromatic ring is 1. The second kappa shape index (κ2) is 12.4. The average Bonchev–Trinajstić information content (AvgIpc) is 2.91. The van der Waals surface area contributed by atoms with Gasteiger partial charge in [-0.15, -0.1) is 12.4 Å². The number of amides is 1. The number of piperazine rings is 1. The lowest BCUT2D eigenvalue weighted by Gasteiger charge is -2.40. The molecule has 4 rings (SSSR count). The van der Waals surface area contributed by atoms with E-state index in [0.717, 1.165) is 5.56 Å². The number of hydrogen-bond acceptors (Lipinski definition) is 10. The summed E-state index contributed by atoms with van der Waals surface area (Å²) < 4.78 is 16.1. The number of nitrogens with zero attached hydrogens (tertiary/aromatic N) is 4. The number of carbonyl (C=O) groups is 2. The summed E-state index contributed by atoms with van der Waals surface area (Å²) in [4.78, 5) is 36.2. The van der Waals surface area contributed by atoms with Crippen LogP contribution >= 0.6 is 12.4 Å². The molecule has 2 heterocycles. The van der Waals surface area contributed by atoms with E-state index in [-0.39, 0.29) is 37.2 Å². The molecule has 1 unspecified atom stereocenters. The van der Waals surface area contributed by atoms with Crippen molar-refractivity contribution in [2.75, 3.05) is 44.5 Å². The predicted octanol–water partition coefficient (Wildman–Crippen LogP) is 2.96. The highest BCUT2D eigenvalue weighted by Gasteiger charge is 2.34. The van der Waals surface area contributed by atoms with Gasteiger partial charge in [0.1, 0.15) is 18.5 Å². The van der Waals surface area contributed by atoms with E-state index in [0.29, 0.717) is 47.9 Å². The number of rotatable bonds is 8. The van der Waals surface area contributed by atoms with Crippen LogP contribution in [0.5, 0.6) is 11.5 Å². The van der Waals surface area contributed by atoms with Crippen molar-refractivity contribution in [1.29, 1.82) is 0 Å². The van der Waals surface area contributed by atoms with Gasteiger partial charge in [-0.2, -0.15) is 4.98 Å². The van der Waals surface area contributed by atoms with Gasteiger partial charge in [0.2, 0.25) is 5.95 Å². The molecule has 1 amide bonds. The van der Waals surface area contributed by atoms with Crippen molar-refractivity contribution >= 4 is 47.0 Å². The Bertz CT molecular complexity index is 1250. The summed E-state index contributed by atoms with van der Waals surface area (Å²) in [5.74, 6) is 1.63. The fourth-order valence-electron chi connectivity index (χ4n) is 4.11. The molecule has 3 aromatic rings. The molecule has 3 N–H and O–H groups in total. The molecular formula is C25H31ClN6O5. The fraction of sp³-hybridized carbons (Fsp3) is 0.360. The summed E-state index contributed by atoms with van der Waals surface area (Å²) >= 11 is 0. The minimum atomic E-state index is -0.581. The maximum atomic E-state index is 12.9. The maximum absolute atomic E-state index is 12.9. The highest BCUT2D eigenvalue weighted by molar-refractivity contribution is 5.92. The van der Waals surface area contributed by atoms with Gasteiger partial charge in [0.25, 0.3) is 0 Å². The van der Waals surface area contributed by atoms with E-state index < -0.39 is 12.1 Å². The molecule has 0 radical (unpaired) electrons. The average molecular weight is 531 g/mol. The van der Waals surface area contributed by atoms with Crippen LogP contribution in [0.4, 0.5) is 16.6 Å². The SMILES string of the molecule is CCC(=O)C1CN(NC(=O)OCc2ccccc2)CCN1c1nc(N)c2cc(OC)c(OC)cc2n1.Cl. The molecule has 1 aliphatic rings. The fourth-order valence-corrected chi connectivity index (χ4v) is 4.11. The summed E-state index contributed by atoms with van der Waals surface area (Å²) in [6, 6.07) is 12.3. The van der Waals surface area contributed by atoms with Crippen molar-refractivity contribution in [2.45, 2.75) is 26.0 Å². The third-order valence-corrected chi connectivity index (χ3v) is 6.04. The quantitative estimate of drug-likeness (QED) is 0.448. The number of carbonyl (C=O) groups excluding carboxylic acids is 2. The summed E-state index contributed by atoms with van der Waals surface area (Å²) in [5, 5.41) is 2.30. The van der Waals surface area contributed by atoms with Gasteiger partial charge in [0.05, 0.1) is 19.7 Å². The number of nitrogens with two attached hydrogens (primary N) is 1. The molecule has 1 fully saturated rings. The van der Waals surface area contributed by atoms with Gasteiger partial charge in [-0.25, -0.2) is 14.8 Å². The highest BCUT2D eigenvalue weighted by atomic mass is 35.5. The van der Waals surface area contributed by atoms with Gasteiger partial charge in [0.15, 0.2) is 17.3 Å². The third-order valence-electron chi connectivity index (χ3n) is 6.04. The molecule has 198 valence electrons. The van der Waals surface area contributed by atoms with E-state index in [4.69, 9.17) is 19.9 Å². The van der Waals surface area contributed by atoms with Crippen LogP contribution in [0, 0.1) is 0 Å². The first-order chi connectivity index (χ1) is 17.4. The number of halogens is 1. The normalized spacial score (nSPS) is 15.5. The van der Waals surface area contributed by atoms with E-state index in [1.54, 1.807) is 38.3 Å². The first-order valence-electron chi connectivity index (χ1n) is 11.6. The topological polar surface area (TPSA) is 132 Å². The third kappa shape index (κ3) is 6.30. The van der Waals surface area contributed by atoms with Crippen LogP contribution in [0.1, 0.15) is 18.9 Å². The molecule has 1 aliphatic heterocycles. The van der Waals surface area contributed by atoms with Crippen LogP contribution in [0.15, 0.2) is 42.5 Å². The number of ether oxygens (including phenoxy) is 3. The van der Waals surface area contributed by atoms with Gasteiger partial charge in [-0.3, -0.25) is 10.2 Å². The molecular weight excluding hydrogens is 500 g/mol. The molecule has 1 atom stereocenters. The number of methoxy groups -OCH3 is 2. The molecule has 2 aromatic carbocycles. The Morgan fingerprint density at radius 2 is 1.78 bits per heavy atom. The molecule has 0 bridgehead atoms. The second-order valence-corrected chi connectivity index (χ2v) is 8.28. The van der Waals surface area contributed by atoms with Crippen molar-refractivity contribution < 1.29 is 23.8 Å². The van der Waals surface area contributed by atoms with Crippen LogP contribution in [-0.4, -0.2) is 66.7 Å². The molecule has 37 heavy (non-hydrogen) atoms. The number of hydrazine groups is 1. The molecule has 1 aromatic heterocycles. The monoisotopic (exact) mass is 530 g/mol. The molecule has 0 aliphatic carbocycles. The van der Waals surface area contributed by atoms with E-state index in [1.165, 1.54) is 0 Å². The number of Topliss-reactive ketones (excluding diaryl/α,β-unsaturated/α-hetero) is 1. The van der Waals surface area contributed by atoms with Crippen LogP contribution in [0.2, 0.25) is 0 Å². The van der Waals surface area contributed by atoms with Crippen molar-refractivity contribution in [3.8, 4) is 11.5 Å². The Balaban J connectivity index is 0.00000380. The first kappa shape index (κ1) is 27.8. The van der Waals surface area contributed by atoms with Gasteiger partial charge in [-0.05, 0) is 11.6 Å². The minimum absolute atomic E-state index is 0.